The standard InChI is InChI=1S/C11H21N2O2S/c1-10(2)6-8(15-9(16)12-5)7-11(3,4)13(10)14/h8H,6-7H2,1-5H3,(H,12,16). The van der Waals surface area contributed by atoms with Crippen LogP contribution in [0, 0.1) is 0 Å². The third-order valence-corrected chi connectivity index (χ3v) is 3.33. The molecule has 0 aromatic rings. The lowest BCUT2D eigenvalue weighted by Crippen LogP contribution is -2.60. The maximum absolute atomic E-state index is 12.1. The van der Waals surface area contributed by atoms with Crippen LogP contribution in [0.2, 0.25) is 0 Å². The fourth-order valence-electron chi connectivity index (χ4n) is 2.47. The Bertz CT molecular complexity index is 261. The average Bonchev–Trinajstić information content (AvgIpc) is 2.13. The molecule has 1 heterocycles. The summed E-state index contributed by atoms with van der Waals surface area (Å²) in [4.78, 5) is 0. The van der Waals surface area contributed by atoms with Gasteiger partial charge in [0.1, 0.15) is 6.10 Å². The summed E-state index contributed by atoms with van der Waals surface area (Å²) in [6.07, 6.45) is 1.40. The molecule has 0 aromatic heterocycles. The zero-order chi connectivity index (χ0) is 12.6. The van der Waals surface area contributed by atoms with Crippen molar-refractivity contribution in [2.45, 2.75) is 57.7 Å². The van der Waals surface area contributed by atoms with E-state index in [2.05, 4.69) is 5.32 Å². The molecule has 1 fully saturated rings. The molecule has 0 aliphatic carbocycles. The molecule has 0 unspecified atom stereocenters. The number of piperidine rings is 1. The van der Waals surface area contributed by atoms with Crippen LogP contribution >= 0.6 is 12.2 Å². The van der Waals surface area contributed by atoms with E-state index in [-0.39, 0.29) is 6.10 Å². The molecule has 0 atom stereocenters. The van der Waals surface area contributed by atoms with Crippen molar-refractivity contribution >= 4 is 17.4 Å². The van der Waals surface area contributed by atoms with Crippen LogP contribution < -0.4 is 5.32 Å². The van der Waals surface area contributed by atoms with E-state index in [9.17, 15) is 5.21 Å². The number of hydrogen-bond donors (Lipinski definition) is 1. The van der Waals surface area contributed by atoms with Gasteiger partial charge in [0.2, 0.25) is 0 Å². The maximum Gasteiger partial charge on any atom is 0.256 e. The number of hydrogen-bond acceptors (Lipinski definition) is 3. The molecule has 1 aliphatic rings. The molecule has 1 saturated heterocycles. The molecular formula is C11H21N2O2S. The van der Waals surface area contributed by atoms with Crippen LogP contribution in [0.3, 0.4) is 0 Å². The Morgan fingerprint density at radius 1 is 1.31 bits per heavy atom. The molecule has 4 nitrogen and oxygen atoms in total. The van der Waals surface area contributed by atoms with Gasteiger partial charge in [0.15, 0.2) is 0 Å². The molecule has 93 valence electrons. The predicted octanol–water partition coefficient (Wildman–Crippen LogP) is 1.87. The van der Waals surface area contributed by atoms with E-state index in [0.29, 0.717) is 18.0 Å². The van der Waals surface area contributed by atoms with E-state index in [1.165, 1.54) is 5.06 Å². The third kappa shape index (κ3) is 2.84. The monoisotopic (exact) mass is 245 g/mol. The highest BCUT2D eigenvalue weighted by atomic mass is 32.1. The second kappa shape index (κ2) is 4.47. The fourth-order valence-corrected chi connectivity index (χ4v) is 2.60. The van der Waals surface area contributed by atoms with Crippen molar-refractivity contribution in [2.75, 3.05) is 7.05 Å². The van der Waals surface area contributed by atoms with Crippen molar-refractivity contribution in [3.63, 3.8) is 0 Å². The Morgan fingerprint density at radius 2 is 1.75 bits per heavy atom. The van der Waals surface area contributed by atoms with E-state index in [4.69, 9.17) is 17.0 Å². The van der Waals surface area contributed by atoms with Crippen molar-refractivity contribution in [1.82, 2.24) is 10.4 Å². The summed E-state index contributed by atoms with van der Waals surface area (Å²) in [6, 6.07) is 0. The Morgan fingerprint density at radius 3 is 2.12 bits per heavy atom. The smallest absolute Gasteiger partial charge is 0.256 e. The van der Waals surface area contributed by atoms with Gasteiger partial charge < -0.3 is 10.1 Å². The number of nitrogens with one attached hydrogen (secondary N) is 1. The summed E-state index contributed by atoms with van der Waals surface area (Å²) in [7, 11) is 1.74. The Kier molecular flexibility index (Phi) is 3.82. The Hall–Kier alpha value is -0.390. The van der Waals surface area contributed by atoms with E-state index >= 15 is 0 Å². The van der Waals surface area contributed by atoms with Crippen molar-refractivity contribution in [3.8, 4) is 0 Å². The highest BCUT2D eigenvalue weighted by Crippen LogP contribution is 2.38. The molecule has 1 radical (unpaired) electrons. The zero-order valence-electron chi connectivity index (χ0n) is 10.7. The number of rotatable bonds is 1. The van der Waals surface area contributed by atoms with Gasteiger partial charge in [-0.05, 0) is 39.9 Å². The van der Waals surface area contributed by atoms with E-state index < -0.39 is 11.1 Å². The number of thiocarbonyl (C=S) groups is 1. The fraction of sp³-hybridized carbons (Fsp3) is 0.909. The molecule has 1 N–H and O–H groups in total. The second-order valence-corrected chi connectivity index (χ2v) is 5.98. The molecule has 0 bridgehead atoms. The van der Waals surface area contributed by atoms with Crippen LogP contribution in [-0.4, -0.2) is 34.5 Å². The van der Waals surface area contributed by atoms with Crippen molar-refractivity contribution < 1.29 is 9.94 Å². The largest absolute Gasteiger partial charge is 0.468 e. The van der Waals surface area contributed by atoms with E-state index in [1.54, 1.807) is 7.05 Å². The van der Waals surface area contributed by atoms with Gasteiger partial charge in [-0.3, -0.25) is 0 Å². The minimum absolute atomic E-state index is 0.00940. The van der Waals surface area contributed by atoms with Crippen LogP contribution in [-0.2, 0) is 9.94 Å². The molecule has 1 rings (SSSR count). The lowest BCUT2D eigenvalue weighted by molar-refractivity contribution is -0.297. The first-order valence-corrected chi connectivity index (χ1v) is 5.96. The quantitative estimate of drug-likeness (QED) is 0.716. The predicted molar refractivity (Wildman–Crippen MR) is 66.4 cm³/mol. The van der Waals surface area contributed by atoms with Crippen LogP contribution in [0.1, 0.15) is 40.5 Å². The first-order chi connectivity index (χ1) is 7.19. The molecular weight excluding hydrogens is 224 g/mol. The minimum atomic E-state index is -0.407. The SMILES string of the molecule is CNC(=S)OC1CC(C)(C)N([O])C(C)(C)C1. The zero-order valence-corrected chi connectivity index (χ0v) is 11.5. The summed E-state index contributed by atoms with van der Waals surface area (Å²) in [6.45, 7) is 7.78. The number of hydroxylamine groups is 2. The Labute approximate surface area is 103 Å². The maximum atomic E-state index is 12.1. The number of nitrogens with zero attached hydrogens (tertiary/aromatic N) is 1. The first-order valence-electron chi connectivity index (χ1n) is 5.55. The molecule has 0 spiro atoms. The van der Waals surface area contributed by atoms with Gasteiger partial charge in [0.25, 0.3) is 5.17 Å². The number of ether oxygens (including phenoxy) is 1. The molecule has 1 aliphatic heterocycles. The summed E-state index contributed by atoms with van der Waals surface area (Å²) in [5.74, 6) is 0. The topological polar surface area (TPSA) is 44.4 Å². The molecule has 16 heavy (non-hydrogen) atoms. The van der Waals surface area contributed by atoms with Crippen LogP contribution in [0.5, 0.6) is 0 Å². The summed E-state index contributed by atoms with van der Waals surface area (Å²) in [5.41, 5.74) is -0.814. The van der Waals surface area contributed by atoms with Crippen LogP contribution in [0.15, 0.2) is 0 Å². The van der Waals surface area contributed by atoms with Gasteiger partial charge in [0, 0.05) is 31.0 Å². The van der Waals surface area contributed by atoms with Gasteiger partial charge in [-0.2, -0.15) is 0 Å². The lowest BCUT2D eigenvalue weighted by atomic mass is 9.80. The Balaban J connectivity index is 2.75. The molecule has 5 heteroatoms. The average molecular weight is 245 g/mol. The van der Waals surface area contributed by atoms with Crippen LogP contribution in [0.4, 0.5) is 0 Å². The van der Waals surface area contributed by atoms with E-state index in [0.717, 1.165) is 0 Å². The van der Waals surface area contributed by atoms with E-state index in [1.807, 2.05) is 27.7 Å². The van der Waals surface area contributed by atoms with Crippen molar-refractivity contribution in [1.29, 1.82) is 0 Å². The summed E-state index contributed by atoms with van der Waals surface area (Å²) in [5, 5.41) is 16.5. The highest BCUT2D eigenvalue weighted by molar-refractivity contribution is 7.80. The molecule has 0 aromatic carbocycles. The highest BCUT2D eigenvalue weighted by Gasteiger charge is 2.47. The molecule has 0 amide bonds. The second-order valence-electron chi connectivity index (χ2n) is 5.60. The summed E-state index contributed by atoms with van der Waals surface area (Å²) < 4.78 is 5.61. The lowest BCUT2D eigenvalue weighted by Gasteiger charge is -2.49. The van der Waals surface area contributed by atoms with Gasteiger partial charge in [-0.15, -0.1) is 10.3 Å². The van der Waals surface area contributed by atoms with Gasteiger partial charge in [-0.1, -0.05) is 0 Å². The van der Waals surface area contributed by atoms with Gasteiger partial charge in [-0.25, -0.2) is 0 Å². The van der Waals surface area contributed by atoms with Crippen molar-refractivity contribution in [3.05, 3.63) is 0 Å². The van der Waals surface area contributed by atoms with Gasteiger partial charge >= 0.3 is 0 Å². The van der Waals surface area contributed by atoms with Crippen molar-refractivity contribution in [2.24, 2.45) is 0 Å². The normalized spacial score (nSPS) is 25.1. The van der Waals surface area contributed by atoms with Gasteiger partial charge in [0.05, 0.1) is 0 Å². The third-order valence-electron chi connectivity index (χ3n) is 3.03. The first kappa shape index (κ1) is 13.7. The molecule has 0 saturated carbocycles. The minimum Gasteiger partial charge on any atom is -0.468 e. The summed E-state index contributed by atoms with van der Waals surface area (Å²) >= 11 is 4.99. The van der Waals surface area contributed by atoms with Crippen LogP contribution in [0.25, 0.3) is 0 Å².